The molecular weight excluding hydrogens is 270 g/mol. The highest BCUT2D eigenvalue weighted by atomic mass is 35.5. The largest absolute Gasteiger partial charge is 0.489 e. The molecule has 0 heterocycles. The maximum atomic E-state index is 5.95. The zero-order chi connectivity index (χ0) is 14.4. The van der Waals surface area contributed by atoms with E-state index in [9.17, 15) is 0 Å². The molecule has 1 N–H and O–H groups in total. The quantitative estimate of drug-likeness (QED) is 0.840. The van der Waals surface area contributed by atoms with Gasteiger partial charge in [0.05, 0.1) is 0 Å². The minimum atomic E-state index is 0.400. The summed E-state index contributed by atoms with van der Waals surface area (Å²) in [6.07, 6.45) is 1.07. The van der Waals surface area contributed by atoms with Crippen LogP contribution in [0.1, 0.15) is 30.5 Å². The van der Waals surface area contributed by atoms with E-state index in [0.717, 1.165) is 22.8 Å². The molecule has 2 rings (SSSR count). The lowest BCUT2D eigenvalue weighted by atomic mass is 10.0. The molecule has 20 heavy (non-hydrogen) atoms. The van der Waals surface area contributed by atoms with Crippen LogP contribution >= 0.6 is 11.6 Å². The minimum absolute atomic E-state index is 0.400. The van der Waals surface area contributed by atoms with Crippen LogP contribution in [-0.4, -0.2) is 7.05 Å². The number of nitrogens with one attached hydrogen (secondary N) is 1. The Morgan fingerprint density at radius 2 is 1.90 bits per heavy atom. The molecule has 0 aromatic heterocycles. The zero-order valence-electron chi connectivity index (χ0n) is 11.9. The summed E-state index contributed by atoms with van der Waals surface area (Å²) in [7, 11) is 1.98. The first-order valence-electron chi connectivity index (χ1n) is 6.87. The molecule has 1 atom stereocenters. The average Bonchev–Trinajstić information content (AvgIpc) is 2.48. The van der Waals surface area contributed by atoms with Crippen LogP contribution in [0.15, 0.2) is 48.5 Å². The molecular formula is C17H20ClNO. The van der Waals surface area contributed by atoms with Gasteiger partial charge in [0.2, 0.25) is 0 Å². The Balaban J connectivity index is 1.97. The number of ether oxygens (including phenoxy) is 1. The second-order valence-electron chi connectivity index (χ2n) is 4.74. The Kier molecular flexibility index (Phi) is 5.45. The van der Waals surface area contributed by atoms with Gasteiger partial charge in [0, 0.05) is 11.1 Å². The summed E-state index contributed by atoms with van der Waals surface area (Å²) in [5, 5.41) is 4.03. The molecule has 3 heteroatoms. The van der Waals surface area contributed by atoms with Gasteiger partial charge in [0.25, 0.3) is 0 Å². The number of benzene rings is 2. The van der Waals surface area contributed by atoms with Gasteiger partial charge in [-0.15, -0.1) is 0 Å². The summed E-state index contributed by atoms with van der Waals surface area (Å²) in [5.74, 6) is 0.875. The average molecular weight is 290 g/mol. The van der Waals surface area contributed by atoms with E-state index in [2.05, 4.69) is 24.4 Å². The summed E-state index contributed by atoms with van der Waals surface area (Å²) >= 11 is 5.95. The third-order valence-corrected chi connectivity index (χ3v) is 3.57. The highest BCUT2D eigenvalue weighted by molar-refractivity contribution is 6.30. The molecule has 0 saturated heterocycles. The lowest BCUT2D eigenvalue weighted by molar-refractivity contribution is 0.306. The highest BCUT2D eigenvalue weighted by Crippen LogP contribution is 2.21. The van der Waals surface area contributed by atoms with Crippen molar-refractivity contribution in [3.05, 3.63) is 64.7 Å². The van der Waals surface area contributed by atoms with Gasteiger partial charge in [0.15, 0.2) is 0 Å². The standard InChI is InChI=1S/C17H20ClNO/c1-3-17(19-2)14-7-9-16(10-8-14)20-12-13-5-4-6-15(18)11-13/h4-11,17,19H,3,12H2,1-2H3. The summed E-state index contributed by atoms with van der Waals surface area (Å²) < 4.78 is 5.77. The maximum Gasteiger partial charge on any atom is 0.119 e. The second-order valence-corrected chi connectivity index (χ2v) is 5.17. The molecule has 1 unspecified atom stereocenters. The molecule has 0 radical (unpaired) electrons. The summed E-state index contributed by atoms with van der Waals surface area (Å²) in [4.78, 5) is 0. The molecule has 0 aliphatic rings. The lowest BCUT2D eigenvalue weighted by Crippen LogP contribution is -2.14. The van der Waals surface area contributed by atoms with Gasteiger partial charge in [-0.3, -0.25) is 0 Å². The Bertz CT molecular complexity index is 535. The van der Waals surface area contributed by atoms with Crippen LogP contribution in [0.25, 0.3) is 0 Å². The van der Waals surface area contributed by atoms with E-state index in [1.54, 1.807) is 0 Å². The van der Waals surface area contributed by atoms with Crippen LogP contribution in [0.5, 0.6) is 5.75 Å². The first kappa shape index (κ1) is 14.9. The fourth-order valence-corrected chi connectivity index (χ4v) is 2.41. The van der Waals surface area contributed by atoms with E-state index < -0.39 is 0 Å². The van der Waals surface area contributed by atoms with E-state index in [1.807, 2.05) is 43.4 Å². The summed E-state index contributed by atoms with van der Waals surface area (Å²) in [5.41, 5.74) is 2.35. The third-order valence-electron chi connectivity index (χ3n) is 3.33. The van der Waals surface area contributed by atoms with E-state index >= 15 is 0 Å². The van der Waals surface area contributed by atoms with Gasteiger partial charge in [-0.05, 0) is 48.9 Å². The Hall–Kier alpha value is -1.51. The van der Waals surface area contributed by atoms with Crippen LogP contribution in [0, 0.1) is 0 Å². The predicted octanol–water partition coefficient (Wildman–Crippen LogP) is 4.59. The van der Waals surface area contributed by atoms with E-state index in [1.165, 1.54) is 5.56 Å². The van der Waals surface area contributed by atoms with Crippen molar-refractivity contribution >= 4 is 11.6 Å². The second kappa shape index (κ2) is 7.32. The SMILES string of the molecule is CCC(NC)c1ccc(OCc2cccc(Cl)c2)cc1. The number of halogens is 1. The van der Waals surface area contributed by atoms with Crippen molar-refractivity contribution in [2.24, 2.45) is 0 Å². The van der Waals surface area contributed by atoms with Crippen molar-refractivity contribution in [3.8, 4) is 5.75 Å². The Morgan fingerprint density at radius 1 is 1.15 bits per heavy atom. The van der Waals surface area contributed by atoms with Crippen molar-refractivity contribution < 1.29 is 4.74 Å². The van der Waals surface area contributed by atoms with Gasteiger partial charge in [-0.2, -0.15) is 0 Å². The fourth-order valence-electron chi connectivity index (χ4n) is 2.20. The Morgan fingerprint density at radius 3 is 2.50 bits per heavy atom. The molecule has 0 aliphatic heterocycles. The number of rotatable bonds is 6. The van der Waals surface area contributed by atoms with Gasteiger partial charge in [-0.25, -0.2) is 0 Å². The summed E-state index contributed by atoms with van der Waals surface area (Å²) in [6.45, 7) is 2.70. The van der Waals surface area contributed by atoms with Crippen LogP contribution in [0.4, 0.5) is 0 Å². The third kappa shape index (κ3) is 3.99. The van der Waals surface area contributed by atoms with Gasteiger partial charge in [0.1, 0.15) is 12.4 Å². The molecule has 106 valence electrons. The zero-order valence-corrected chi connectivity index (χ0v) is 12.7. The van der Waals surface area contributed by atoms with Crippen LogP contribution < -0.4 is 10.1 Å². The van der Waals surface area contributed by atoms with Crippen LogP contribution in [0.3, 0.4) is 0 Å². The van der Waals surface area contributed by atoms with Gasteiger partial charge in [-0.1, -0.05) is 42.8 Å². The molecule has 2 aromatic carbocycles. The first-order valence-corrected chi connectivity index (χ1v) is 7.25. The molecule has 0 saturated carbocycles. The van der Waals surface area contributed by atoms with E-state index in [4.69, 9.17) is 16.3 Å². The van der Waals surface area contributed by atoms with Gasteiger partial charge < -0.3 is 10.1 Å². The molecule has 0 aliphatic carbocycles. The smallest absolute Gasteiger partial charge is 0.119 e. The number of hydrogen-bond donors (Lipinski definition) is 1. The maximum absolute atomic E-state index is 5.95. The molecule has 0 amide bonds. The lowest BCUT2D eigenvalue weighted by Gasteiger charge is -2.15. The molecule has 0 spiro atoms. The van der Waals surface area contributed by atoms with Crippen molar-refractivity contribution in [1.29, 1.82) is 0 Å². The van der Waals surface area contributed by atoms with Crippen molar-refractivity contribution in [1.82, 2.24) is 5.32 Å². The van der Waals surface area contributed by atoms with Crippen LogP contribution in [-0.2, 0) is 6.61 Å². The van der Waals surface area contributed by atoms with Crippen molar-refractivity contribution in [2.45, 2.75) is 26.0 Å². The van der Waals surface area contributed by atoms with Crippen LogP contribution in [0.2, 0.25) is 5.02 Å². The van der Waals surface area contributed by atoms with E-state index in [0.29, 0.717) is 12.6 Å². The topological polar surface area (TPSA) is 21.3 Å². The van der Waals surface area contributed by atoms with Crippen molar-refractivity contribution in [3.63, 3.8) is 0 Å². The van der Waals surface area contributed by atoms with Gasteiger partial charge >= 0.3 is 0 Å². The highest BCUT2D eigenvalue weighted by Gasteiger charge is 2.06. The molecule has 0 bridgehead atoms. The Labute approximate surface area is 125 Å². The first-order chi connectivity index (χ1) is 9.72. The molecule has 2 nitrogen and oxygen atoms in total. The molecule has 2 aromatic rings. The predicted molar refractivity (Wildman–Crippen MR) is 84.3 cm³/mol. The number of hydrogen-bond acceptors (Lipinski definition) is 2. The molecule has 0 fully saturated rings. The minimum Gasteiger partial charge on any atom is -0.489 e. The summed E-state index contributed by atoms with van der Waals surface area (Å²) in [6, 6.07) is 16.4. The van der Waals surface area contributed by atoms with E-state index in [-0.39, 0.29) is 0 Å². The monoisotopic (exact) mass is 289 g/mol. The normalized spacial score (nSPS) is 12.2. The van der Waals surface area contributed by atoms with Crippen molar-refractivity contribution in [2.75, 3.05) is 7.05 Å². The fraction of sp³-hybridized carbons (Fsp3) is 0.294.